The van der Waals surface area contributed by atoms with Crippen molar-refractivity contribution in [1.82, 2.24) is 0 Å². The summed E-state index contributed by atoms with van der Waals surface area (Å²) in [5.74, 6) is -0.865. The average Bonchev–Trinajstić information content (AvgIpc) is 2.39. The minimum atomic E-state index is -0.422. The fraction of sp³-hybridized carbons (Fsp3) is 0.188. The van der Waals surface area contributed by atoms with Crippen LogP contribution in [0.15, 0.2) is 42.5 Å². The Bertz CT molecular complexity index is 617. The summed E-state index contributed by atoms with van der Waals surface area (Å²) < 4.78 is 0. The Kier molecular flexibility index (Phi) is 3.94. The van der Waals surface area contributed by atoms with Crippen LogP contribution in [0.2, 0.25) is 0 Å². The molecule has 0 aliphatic rings. The lowest BCUT2D eigenvalue weighted by Gasteiger charge is -2.22. The van der Waals surface area contributed by atoms with Crippen LogP contribution in [0, 0.1) is 6.92 Å². The molecule has 0 aliphatic heterocycles. The van der Waals surface area contributed by atoms with E-state index >= 15 is 0 Å². The van der Waals surface area contributed by atoms with Gasteiger partial charge in [-0.2, -0.15) is 0 Å². The summed E-state index contributed by atoms with van der Waals surface area (Å²) in [7, 11) is 0. The lowest BCUT2D eigenvalue weighted by molar-refractivity contribution is 0.0983. The summed E-state index contributed by atoms with van der Waals surface area (Å²) in [6, 6.07) is 11.8. The minimum Gasteiger partial charge on any atom is -0.507 e. The Hall–Kier alpha value is -2.49. The molecule has 104 valence electrons. The second-order valence-electron chi connectivity index (χ2n) is 4.56. The van der Waals surface area contributed by atoms with Gasteiger partial charge in [-0.05, 0) is 43.7 Å². The minimum absolute atomic E-state index is 0.0733. The topological polar surface area (TPSA) is 60.8 Å². The van der Waals surface area contributed by atoms with Gasteiger partial charge in [0.2, 0.25) is 0 Å². The van der Waals surface area contributed by atoms with Crippen molar-refractivity contribution in [2.75, 3.05) is 11.4 Å². The van der Waals surface area contributed by atoms with Crippen LogP contribution in [0.25, 0.3) is 0 Å². The van der Waals surface area contributed by atoms with E-state index in [4.69, 9.17) is 0 Å². The molecule has 2 rings (SSSR count). The van der Waals surface area contributed by atoms with E-state index in [9.17, 15) is 15.0 Å². The number of nitrogens with zero attached hydrogens (tertiary/aromatic N) is 1. The molecule has 0 saturated carbocycles. The molecule has 0 unspecified atom stereocenters. The molecule has 4 nitrogen and oxygen atoms in total. The molecule has 0 heterocycles. The third kappa shape index (κ3) is 2.59. The highest BCUT2D eigenvalue weighted by Crippen LogP contribution is 2.29. The number of hydrogen-bond donors (Lipinski definition) is 2. The van der Waals surface area contributed by atoms with Crippen molar-refractivity contribution in [2.45, 2.75) is 13.8 Å². The second-order valence-corrected chi connectivity index (χ2v) is 4.56. The molecule has 2 aromatic rings. The summed E-state index contributed by atoms with van der Waals surface area (Å²) in [5.41, 5.74) is 1.70. The van der Waals surface area contributed by atoms with Crippen LogP contribution in [-0.4, -0.2) is 22.7 Å². The zero-order valence-corrected chi connectivity index (χ0v) is 11.5. The van der Waals surface area contributed by atoms with Crippen molar-refractivity contribution in [2.24, 2.45) is 0 Å². The number of anilines is 1. The van der Waals surface area contributed by atoms with E-state index < -0.39 is 5.91 Å². The first-order chi connectivity index (χ1) is 9.54. The van der Waals surface area contributed by atoms with Gasteiger partial charge in [-0.1, -0.05) is 18.2 Å². The highest BCUT2D eigenvalue weighted by molar-refractivity contribution is 6.09. The Balaban J connectivity index is 2.45. The van der Waals surface area contributed by atoms with Gasteiger partial charge < -0.3 is 15.1 Å². The Labute approximate surface area is 117 Å². The monoisotopic (exact) mass is 271 g/mol. The average molecular weight is 271 g/mol. The summed E-state index contributed by atoms with van der Waals surface area (Å²) in [6.07, 6.45) is 0. The van der Waals surface area contributed by atoms with E-state index in [1.54, 1.807) is 0 Å². The van der Waals surface area contributed by atoms with Crippen molar-refractivity contribution in [3.8, 4) is 11.5 Å². The Morgan fingerprint density at radius 2 is 1.70 bits per heavy atom. The predicted molar refractivity (Wildman–Crippen MR) is 78.3 cm³/mol. The van der Waals surface area contributed by atoms with Gasteiger partial charge in [-0.15, -0.1) is 0 Å². The number of hydrogen-bond acceptors (Lipinski definition) is 3. The molecule has 0 saturated heterocycles. The molecule has 0 radical (unpaired) electrons. The SMILES string of the molecule is CCN(C(=O)c1c(O)cccc1O)c1cccc(C)c1. The van der Waals surface area contributed by atoms with Gasteiger partial charge in [0.1, 0.15) is 17.1 Å². The molecule has 2 N–H and O–H groups in total. The smallest absolute Gasteiger partial charge is 0.265 e. The first kappa shape index (κ1) is 13.9. The van der Waals surface area contributed by atoms with Crippen molar-refractivity contribution in [1.29, 1.82) is 0 Å². The molecule has 0 aliphatic carbocycles. The quantitative estimate of drug-likeness (QED) is 0.901. The normalized spacial score (nSPS) is 10.3. The Morgan fingerprint density at radius 3 is 2.25 bits per heavy atom. The first-order valence-corrected chi connectivity index (χ1v) is 6.44. The number of phenolic OH excluding ortho intramolecular Hbond substituents is 2. The van der Waals surface area contributed by atoms with Crippen molar-refractivity contribution in [3.63, 3.8) is 0 Å². The molecule has 0 aromatic heterocycles. The van der Waals surface area contributed by atoms with Gasteiger partial charge in [-0.25, -0.2) is 0 Å². The number of aromatic hydroxyl groups is 2. The van der Waals surface area contributed by atoms with Gasteiger partial charge in [0, 0.05) is 12.2 Å². The van der Waals surface area contributed by atoms with Crippen molar-refractivity contribution in [3.05, 3.63) is 53.6 Å². The highest BCUT2D eigenvalue weighted by Gasteiger charge is 2.22. The van der Waals surface area contributed by atoms with E-state index in [1.165, 1.54) is 23.1 Å². The van der Waals surface area contributed by atoms with E-state index in [0.29, 0.717) is 6.54 Å². The maximum absolute atomic E-state index is 12.5. The standard InChI is InChI=1S/C16H17NO3/c1-3-17(12-7-4-6-11(2)10-12)16(20)15-13(18)8-5-9-14(15)19/h4-10,18-19H,3H2,1-2H3. The molecule has 0 spiro atoms. The number of benzene rings is 2. The lowest BCUT2D eigenvalue weighted by atomic mass is 10.1. The van der Waals surface area contributed by atoms with E-state index in [2.05, 4.69) is 0 Å². The fourth-order valence-electron chi connectivity index (χ4n) is 2.12. The van der Waals surface area contributed by atoms with Gasteiger partial charge >= 0.3 is 0 Å². The number of aryl methyl sites for hydroxylation is 1. The zero-order chi connectivity index (χ0) is 14.7. The maximum Gasteiger partial charge on any atom is 0.265 e. The zero-order valence-electron chi connectivity index (χ0n) is 11.5. The number of phenols is 2. The number of carbonyl (C=O) groups is 1. The van der Waals surface area contributed by atoms with Gasteiger partial charge in [0.15, 0.2) is 0 Å². The molecule has 2 aromatic carbocycles. The van der Waals surface area contributed by atoms with Crippen LogP contribution in [0.1, 0.15) is 22.8 Å². The summed E-state index contributed by atoms with van der Waals surface area (Å²) in [5, 5.41) is 19.6. The van der Waals surface area contributed by atoms with Gasteiger partial charge in [0.25, 0.3) is 5.91 Å². The van der Waals surface area contributed by atoms with Crippen LogP contribution in [-0.2, 0) is 0 Å². The van der Waals surface area contributed by atoms with Gasteiger partial charge in [0.05, 0.1) is 0 Å². The van der Waals surface area contributed by atoms with Crippen LogP contribution >= 0.6 is 0 Å². The Morgan fingerprint density at radius 1 is 1.10 bits per heavy atom. The predicted octanol–water partition coefficient (Wildman–Crippen LogP) is 3.07. The second kappa shape index (κ2) is 5.65. The third-order valence-electron chi connectivity index (χ3n) is 3.11. The van der Waals surface area contributed by atoms with E-state index in [-0.39, 0.29) is 17.1 Å². The van der Waals surface area contributed by atoms with Crippen molar-refractivity contribution < 1.29 is 15.0 Å². The number of carbonyl (C=O) groups excluding carboxylic acids is 1. The number of rotatable bonds is 3. The maximum atomic E-state index is 12.5. The van der Waals surface area contributed by atoms with Gasteiger partial charge in [-0.3, -0.25) is 4.79 Å². The molecule has 0 atom stereocenters. The highest BCUT2D eigenvalue weighted by atomic mass is 16.3. The van der Waals surface area contributed by atoms with Crippen LogP contribution in [0.5, 0.6) is 11.5 Å². The summed E-state index contributed by atoms with van der Waals surface area (Å²) in [4.78, 5) is 14.1. The number of amides is 1. The summed E-state index contributed by atoms with van der Waals surface area (Å²) in [6.45, 7) is 4.23. The lowest BCUT2D eigenvalue weighted by Crippen LogP contribution is -2.30. The fourth-order valence-corrected chi connectivity index (χ4v) is 2.12. The van der Waals surface area contributed by atoms with Crippen molar-refractivity contribution >= 4 is 11.6 Å². The van der Waals surface area contributed by atoms with E-state index in [0.717, 1.165) is 11.3 Å². The largest absolute Gasteiger partial charge is 0.507 e. The van der Waals surface area contributed by atoms with Crippen LogP contribution in [0.3, 0.4) is 0 Å². The molecular weight excluding hydrogens is 254 g/mol. The third-order valence-corrected chi connectivity index (χ3v) is 3.11. The molecule has 0 bridgehead atoms. The van der Waals surface area contributed by atoms with E-state index in [1.807, 2.05) is 38.1 Å². The molecule has 0 fully saturated rings. The molecular formula is C16H17NO3. The summed E-state index contributed by atoms with van der Waals surface area (Å²) >= 11 is 0. The molecule has 1 amide bonds. The van der Waals surface area contributed by atoms with Crippen LogP contribution in [0.4, 0.5) is 5.69 Å². The molecule has 4 heteroatoms. The molecule has 20 heavy (non-hydrogen) atoms. The first-order valence-electron chi connectivity index (χ1n) is 6.44. The van der Waals surface area contributed by atoms with Crippen LogP contribution < -0.4 is 4.90 Å².